The molecule has 10 heteroatoms. The first-order valence-electron chi connectivity index (χ1n) is 9.46. The van der Waals surface area contributed by atoms with E-state index >= 15 is 0 Å². The molecule has 2 aliphatic heterocycles. The highest BCUT2D eigenvalue weighted by Crippen LogP contribution is 2.22. The lowest BCUT2D eigenvalue weighted by molar-refractivity contribution is -0.143. The third-order valence-corrected chi connectivity index (χ3v) is 4.69. The van der Waals surface area contributed by atoms with Gasteiger partial charge in [0.15, 0.2) is 5.96 Å². The average Bonchev–Trinajstić information content (AvgIpc) is 3.16. The van der Waals surface area contributed by atoms with Crippen molar-refractivity contribution in [3.05, 3.63) is 0 Å². The molecule has 2 N–H and O–H groups in total. The quantitative estimate of drug-likeness (QED) is 0.230. The number of nitrogens with zero attached hydrogens (tertiary/aromatic N) is 3. The van der Waals surface area contributed by atoms with Crippen molar-refractivity contribution < 1.29 is 18.0 Å². The molecule has 0 saturated carbocycles. The lowest BCUT2D eigenvalue weighted by Gasteiger charge is -2.18. The van der Waals surface area contributed by atoms with Crippen LogP contribution in [0.2, 0.25) is 0 Å². The minimum atomic E-state index is -4.13. The number of guanidine groups is 1. The van der Waals surface area contributed by atoms with Gasteiger partial charge in [0.05, 0.1) is 6.54 Å². The first-order valence-corrected chi connectivity index (χ1v) is 9.46. The first kappa shape index (κ1) is 24.3. The fourth-order valence-electron chi connectivity index (χ4n) is 3.44. The van der Waals surface area contributed by atoms with Gasteiger partial charge in [-0.25, -0.2) is 0 Å². The SMILES string of the molecule is CCNC(=NCC1CCN(CC(F)(F)F)C1)NCCCN1CCCC1=O.I. The Labute approximate surface area is 176 Å². The van der Waals surface area contributed by atoms with E-state index in [2.05, 4.69) is 15.6 Å². The Morgan fingerprint density at radius 3 is 2.70 bits per heavy atom. The second-order valence-electron chi connectivity index (χ2n) is 6.99. The fourth-order valence-corrected chi connectivity index (χ4v) is 3.44. The monoisotopic (exact) mass is 505 g/mol. The van der Waals surface area contributed by atoms with E-state index in [-0.39, 0.29) is 35.8 Å². The maximum Gasteiger partial charge on any atom is 0.401 e. The number of nitrogens with one attached hydrogen (secondary N) is 2. The van der Waals surface area contributed by atoms with Crippen molar-refractivity contribution in [1.29, 1.82) is 0 Å². The highest BCUT2D eigenvalue weighted by molar-refractivity contribution is 14.0. The van der Waals surface area contributed by atoms with Crippen LogP contribution in [0.5, 0.6) is 0 Å². The smallest absolute Gasteiger partial charge is 0.357 e. The minimum Gasteiger partial charge on any atom is -0.357 e. The molecular formula is C17H31F3IN5O. The van der Waals surface area contributed by atoms with Crippen molar-refractivity contribution in [2.45, 2.75) is 38.8 Å². The van der Waals surface area contributed by atoms with Crippen LogP contribution >= 0.6 is 24.0 Å². The van der Waals surface area contributed by atoms with Crippen LogP contribution in [-0.2, 0) is 4.79 Å². The first-order chi connectivity index (χ1) is 12.4. The van der Waals surface area contributed by atoms with Gasteiger partial charge >= 0.3 is 6.18 Å². The van der Waals surface area contributed by atoms with Gasteiger partial charge in [0, 0.05) is 45.7 Å². The van der Waals surface area contributed by atoms with E-state index in [0.29, 0.717) is 38.6 Å². The van der Waals surface area contributed by atoms with E-state index in [0.717, 1.165) is 38.9 Å². The Morgan fingerprint density at radius 1 is 1.30 bits per heavy atom. The molecule has 27 heavy (non-hydrogen) atoms. The molecule has 0 spiro atoms. The van der Waals surface area contributed by atoms with Crippen molar-refractivity contribution in [2.75, 3.05) is 52.4 Å². The Hall–Kier alpha value is -0.780. The summed E-state index contributed by atoms with van der Waals surface area (Å²) in [6.07, 6.45) is -0.937. The molecule has 2 aliphatic rings. The third-order valence-electron chi connectivity index (χ3n) is 4.69. The topological polar surface area (TPSA) is 60.0 Å². The molecule has 2 saturated heterocycles. The third kappa shape index (κ3) is 9.31. The Kier molecular flexibility index (Phi) is 10.7. The lowest BCUT2D eigenvalue weighted by atomic mass is 10.1. The van der Waals surface area contributed by atoms with Crippen molar-refractivity contribution in [2.24, 2.45) is 10.9 Å². The van der Waals surface area contributed by atoms with Crippen LogP contribution in [0.1, 0.15) is 32.6 Å². The summed E-state index contributed by atoms with van der Waals surface area (Å²) in [6.45, 7) is 5.62. The summed E-state index contributed by atoms with van der Waals surface area (Å²) in [5.74, 6) is 1.08. The van der Waals surface area contributed by atoms with Crippen LogP contribution in [0.3, 0.4) is 0 Å². The number of likely N-dealkylation sites (tertiary alicyclic amines) is 2. The zero-order valence-corrected chi connectivity index (χ0v) is 18.2. The number of halogens is 4. The molecule has 2 heterocycles. The molecule has 0 aromatic heterocycles. The van der Waals surface area contributed by atoms with E-state index in [1.807, 2.05) is 11.8 Å². The van der Waals surface area contributed by atoms with Gasteiger partial charge in [0.25, 0.3) is 0 Å². The van der Waals surface area contributed by atoms with Gasteiger partial charge in [-0.1, -0.05) is 0 Å². The Bertz CT molecular complexity index is 490. The van der Waals surface area contributed by atoms with Crippen molar-refractivity contribution >= 4 is 35.8 Å². The highest BCUT2D eigenvalue weighted by Gasteiger charge is 2.34. The van der Waals surface area contributed by atoms with E-state index < -0.39 is 12.7 Å². The number of carbonyl (C=O) groups is 1. The second-order valence-corrected chi connectivity index (χ2v) is 6.99. The molecule has 1 atom stereocenters. The summed E-state index contributed by atoms with van der Waals surface area (Å²) in [5.41, 5.74) is 0. The van der Waals surface area contributed by atoms with E-state index in [9.17, 15) is 18.0 Å². The molecule has 2 rings (SSSR count). The number of alkyl halides is 3. The molecule has 0 aromatic carbocycles. The molecular weight excluding hydrogens is 474 g/mol. The average molecular weight is 505 g/mol. The summed E-state index contributed by atoms with van der Waals surface area (Å²) in [6, 6.07) is 0. The molecule has 2 fully saturated rings. The van der Waals surface area contributed by atoms with Crippen LogP contribution in [0.4, 0.5) is 13.2 Å². The van der Waals surface area contributed by atoms with Gasteiger partial charge in [-0.15, -0.1) is 24.0 Å². The maximum atomic E-state index is 12.4. The van der Waals surface area contributed by atoms with Crippen LogP contribution < -0.4 is 10.6 Å². The number of carbonyl (C=O) groups excluding carboxylic acids is 1. The second kappa shape index (κ2) is 11.9. The zero-order valence-electron chi connectivity index (χ0n) is 15.9. The summed E-state index contributed by atoms with van der Waals surface area (Å²) >= 11 is 0. The van der Waals surface area contributed by atoms with E-state index in [1.54, 1.807) is 0 Å². The molecule has 158 valence electrons. The molecule has 1 unspecified atom stereocenters. The van der Waals surface area contributed by atoms with Crippen molar-refractivity contribution in [1.82, 2.24) is 20.4 Å². The molecule has 0 aromatic rings. The van der Waals surface area contributed by atoms with Gasteiger partial charge < -0.3 is 15.5 Å². The number of amides is 1. The van der Waals surface area contributed by atoms with Crippen LogP contribution in [0, 0.1) is 5.92 Å². The maximum absolute atomic E-state index is 12.4. The lowest BCUT2D eigenvalue weighted by Crippen LogP contribution is -2.39. The number of aliphatic imine (C=N–C) groups is 1. The molecule has 1 amide bonds. The van der Waals surface area contributed by atoms with E-state index in [4.69, 9.17) is 0 Å². The zero-order chi connectivity index (χ0) is 19.0. The number of rotatable bonds is 8. The fraction of sp³-hybridized carbons (Fsp3) is 0.882. The summed E-state index contributed by atoms with van der Waals surface area (Å²) in [4.78, 5) is 19.4. The number of hydrogen-bond acceptors (Lipinski definition) is 3. The van der Waals surface area contributed by atoms with Crippen LogP contribution in [0.25, 0.3) is 0 Å². The summed E-state index contributed by atoms with van der Waals surface area (Å²) < 4.78 is 37.3. The standard InChI is InChI=1S/C17H30F3N5O.HI/c1-2-21-16(22-7-4-9-25-8-3-5-15(25)26)23-11-14-6-10-24(12-14)13-17(18,19)20;/h14H,2-13H2,1H3,(H2,21,22,23);1H. The molecule has 0 aliphatic carbocycles. The molecule has 6 nitrogen and oxygen atoms in total. The van der Waals surface area contributed by atoms with Crippen LogP contribution in [-0.4, -0.2) is 80.2 Å². The van der Waals surface area contributed by atoms with Gasteiger partial charge in [-0.2, -0.15) is 13.2 Å². The molecule has 0 radical (unpaired) electrons. The predicted molar refractivity (Wildman–Crippen MR) is 110 cm³/mol. The Balaban J connectivity index is 0.00000364. The van der Waals surface area contributed by atoms with Gasteiger partial charge in [-0.05, 0) is 38.6 Å². The molecule has 0 bridgehead atoms. The number of hydrogen-bond donors (Lipinski definition) is 2. The van der Waals surface area contributed by atoms with E-state index in [1.165, 1.54) is 4.90 Å². The summed E-state index contributed by atoms with van der Waals surface area (Å²) in [7, 11) is 0. The summed E-state index contributed by atoms with van der Waals surface area (Å²) in [5, 5.41) is 6.40. The van der Waals surface area contributed by atoms with Crippen molar-refractivity contribution in [3.8, 4) is 0 Å². The Morgan fingerprint density at radius 2 is 2.07 bits per heavy atom. The van der Waals surface area contributed by atoms with Crippen molar-refractivity contribution in [3.63, 3.8) is 0 Å². The van der Waals surface area contributed by atoms with Gasteiger partial charge in [0.1, 0.15) is 0 Å². The normalized spacial score (nSPS) is 21.5. The largest absolute Gasteiger partial charge is 0.401 e. The highest BCUT2D eigenvalue weighted by atomic mass is 127. The van der Waals surface area contributed by atoms with Gasteiger partial charge in [-0.3, -0.25) is 14.7 Å². The van der Waals surface area contributed by atoms with Crippen LogP contribution in [0.15, 0.2) is 4.99 Å². The van der Waals surface area contributed by atoms with Gasteiger partial charge in [0.2, 0.25) is 5.91 Å². The predicted octanol–water partition coefficient (Wildman–Crippen LogP) is 2.06. The minimum absolute atomic E-state index is 0.